The Morgan fingerprint density at radius 1 is 1.09 bits per heavy atom. The molecule has 1 aliphatic rings. The number of para-hydroxylation sites is 1. The van der Waals surface area contributed by atoms with Gasteiger partial charge in [0.2, 0.25) is 0 Å². The maximum atomic E-state index is 12.5. The minimum absolute atomic E-state index is 0.00967. The molecule has 0 radical (unpaired) electrons. The molecule has 4 heteroatoms. The average Bonchev–Trinajstić information content (AvgIpc) is 3.38. The van der Waals surface area contributed by atoms with Crippen molar-refractivity contribution in [3.05, 3.63) is 54.6 Å². The van der Waals surface area contributed by atoms with Crippen molar-refractivity contribution in [2.75, 3.05) is 18.5 Å². The van der Waals surface area contributed by atoms with E-state index in [1.807, 2.05) is 54.6 Å². The number of nitrogens with zero attached hydrogens (tertiary/aromatic N) is 1. The summed E-state index contributed by atoms with van der Waals surface area (Å²) in [4.78, 5) is 14.2. The number of hydrogen-bond acceptors (Lipinski definition) is 2. The molecule has 2 aromatic carbocycles. The molecule has 3 rings (SSSR count). The minimum atomic E-state index is -0.139. The molecular weight excluding hydrogens is 276 g/mol. The highest BCUT2D eigenvalue weighted by molar-refractivity contribution is 5.94. The predicted octanol–water partition coefficient (Wildman–Crippen LogP) is 3.34. The van der Waals surface area contributed by atoms with Crippen LogP contribution in [0.15, 0.2) is 54.6 Å². The number of aliphatic hydroxyl groups is 1. The first-order valence-electron chi connectivity index (χ1n) is 7.62. The Kier molecular flexibility index (Phi) is 4.39. The second-order valence-electron chi connectivity index (χ2n) is 5.49. The van der Waals surface area contributed by atoms with Gasteiger partial charge in [-0.2, -0.15) is 0 Å². The van der Waals surface area contributed by atoms with Crippen LogP contribution in [0.5, 0.6) is 0 Å². The molecule has 0 aromatic heterocycles. The second-order valence-corrected chi connectivity index (χ2v) is 5.49. The van der Waals surface area contributed by atoms with Gasteiger partial charge in [0.05, 0.1) is 12.3 Å². The summed E-state index contributed by atoms with van der Waals surface area (Å²) in [6.45, 7) is 0.369. The zero-order valence-electron chi connectivity index (χ0n) is 12.4. The van der Waals surface area contributed by atoms with Gasteiger partial charge in [-0.25, -0.2) is 4.79 Å². The lowest BCUT2D eigenvalue weighted by Gasteiger charge is -2.22. The van der Waals surface area contributed by atoms with Crippen molar-refractivity contribution >= 4 is 11.7 Å². The van der Waals surface area contributed by atoms with Gasteiger partial charge >= 0.3 is 6.03 Å². The number of nitrogens with one attached hydrogen (secondary N) is 1. The molecule has 114 valence electrons. The van der Waals surface area contributed by atoms with E-state index in [9.17, 15) is 4.79 Å². The highest BCUT2D eigenvalue weighted by atomic mass is 16.3. The van der Waals surface area contributed by atoms with E-state index in [2.05, 4.69) is 5.32 Å². The van der Waals surface area contributed by atoms with Crippen LogP contribution < -0.4 is 5.32 Å². The molecule has 2 amide bonds. The summed E-state index contributed by atoms with van der Waals surface area (Å²) in [6, 6.07) is 17.9. The largest absolute Gasteiger partial charge is 0.395 e. The molecule has 2 aromatic rings. The van der Waals surface area contributed by atoms with Crippen LogP contribution in [0.4, 0.5) is 10.5 Å². The van der Waals surface area contributed by atoms with E-state index in [1.54, 1.807) is 4.90 Å². The zero-order chi connectivity index (χ0) is 15.4. The fraction of sp³-hybridized carbons (Fsp3) is 0.278. The van der Waals surface area contributed by atoms with E-state index in [-0.39, 0.29) is 18.7 Å². The molecule has 1 saturated carbocycles. The second kappa shape index (κ2) is 6.62. The molecule has 1 aliphatic carbocycles. The van der Waals surface area contributed by atoms with Gasteiger partial charge < -0.3 is 15.3 Å². The fourth-order valence-corrected chi connectivity index (χ4v) is 2.59. The summed E-state index contributed by atoms with van der Waals surface area (Å²) in [5.74, 6) is 0. The van der Waals surface area contributed by atoms with Crippen molar-refractivity contribution in [3.63, 3.8) is 0 Å². The molecule has 22 heavy (non-hydrogen) atoms. The highest BCUT2D eigenvalue weighted by Gasteiger charge is 2.32. The smallest absolute Gasteiger partial charge is 0.322 e. The lowest BCUT2D eigenvalue weighted by Crippen LogP contribution is -2.38. The van der Waals surface area contributed by atoms with Gasteiger partial charge in [-0.3, -0.25) is 0 Å². The number of carbonyl (C=O) groups is 1. The van der Waals surface area contributed by atoms with Crippen molar-refractivity contribution in [1.82, 2.24) is 4.90 Å². The SMILES string of the molecule is O=C(Nc1ccccc1-c1ccccc1)N(CCO)C1CC1. The third kappa shape index (κ3) is 3.28. The minimum Gasteiger partial charge on any atom is -0.395 e. The number of urea groups is 1. The van der Waals surface area contributed by atoms with Crippen LogP contribution in [0, 0.1) is 0 Å². The first-order valence-corrected chi connectivity index (χ1v) is 7.62. The summed E-state index contributed by atoms with van der Waals surface area (Å²) >= 11 is 0. The third-order valence-corrected chi connectivity index (χ3v) is 3.84. The van der Waals surface area contributed by atoms with E-state index in [4.69, 9.17) is 5.11 Å². The molecule has 1 fully saturated rings. The Hall–Kier alpha value is -2.33. The Morgan fingerprint density at radius 3 is 2.45 bits per heavy atom. The Labute approximate surface area is 130 Å². The lowest BCUT2D eigenvalue weighted by atomic mass is 10.0. The highest BCUT2D eigenvalue weighted by Crippen LogP contribution is 2.30. The van der Waals surface area contributed by atoms with Crippen LogP contribution in [0.2, 0.25) is 0 Å². The molecule has 0 bridgehead atoms. The van der Waals surface area contributed by atoms with Gasteiger partial charge in [0.15, 0.2) is 0 Å². The van der Waals surface area contributed by atoms with E-state index in [0.717, 1.165) is 29.7 Å². The van der Waals surface area contributed by atoms with Crippen LogP contribution >= 0.6 is 0 Å². The maximum Gasteiger partial charge on any atom is 0.322 e. The normalized spacial score (nSPS) is 13.7. The molecule has 4 nitrogen and oxygen atoms in total. The van der Waals surface area contributed by atoms with E-state index < -0.39 is 0 Å². The first-order chi connectivity index (χ1) is 10.8. The molecule has 0 unspecified atom stereocenters. The lowest BCUT2D eigenvalue weighted by molar-refractivity contribution is 0.185. The van der Waals surface area contributed by atoms with Gasteiger partial charge in [0.1, 0.15) is 0 Å². The van der Waals surface area contributed by atoms with Crippen molar-refractivity contribution < 1.29 is 9.90 Å². The van der Waals surface area contributed by atoms with Gasteiger partial charge in [-0.05, 0) is 24.5 Å². The van der Waals surface area contributed by atoms with Crippen molar-refractivity contribution in [2.24, 2.45) is 0 Å². The van der Waals surface area contributed by atoms with Crippen molar-refractivity contribution in [2.45, 2.75) is 18.9 Å². The summed E-state index contributed by atoms with van der Waals surface area (Å²) in [5, 5.41) is 12.1. The Balaban J connectivity index is 1.82. The maximum absolute atomic E-state index is 12.5. The summed E-state index contributed by atoms with van der Waals surface area (Å²) in [6.07, 6.45) is 2.04. The van der Waals surface area contributed by atoms with Crippen molar-refractivity contribution in [3.8, 4) is 11.1 Å². The van der Waals surface area contributed by atoms with Gasteiger partial charge in [0, 0.05) is 18.2 Å². The molecule has 2 N–H and O–H groups in total. The summed E-state index contributed by atoms with van der Waals surface area (Å²) in [7, 11) is 0. The number of aliphatic hydroxyl groups excluding tert-OH is 1. The van der Waals surface area contributed by atoms with E-state index in [1.165, 1.54) is 0 Å². The molecule has 0 spiro atoms. The fourth-order valence-electron chi connectivity index (χ4n) is 2.59. The predicted molar refractivity (Wildman–Crippen MR) is 87.7 cm³/mol. The first kappa shape index (κ1) is 14.6. The molecule has 0 aliphatic heterocycles. The van der Waals surface area contributed by atoms with Crippen molar-refractivity contribution in [1.29, 1.82) is 0 Å². The Morgan fingerprint density at radius 2 is 1.77 bits per heavy atom. The number of hydrogen-bond donors (Lipinski definition) is 2. The number of benzene rings is 2. The Bertz CT molecular complexity index is 639. The monoisotopic (exact) mass is 296 g/mol. The van der Waals surface area contributed by atoms with E-state index in [0.29, 0.717) is 6.54 Å². The zero-order valence-corrected chi connectivity index (χ0v) is 12.4. The summed E-state index contributed by atoms with van der Waals surface area (Å²) in [5.41, 5.74) is 2.86. The van der Waals surface area contributed by atoms with Gasteiger partial charge in [-0.1, -0.05) is 48.5 Å². The van der Waals surface area contributed by atoms with Gasteiger partial charge in [0.25, 0.3) is 0 Å². The molecular formula is C18H20N2O2. The van der Waals surface area contributed by atoms with Crippen LogP contribution in [-0.2, 0) is 0 Å². The van der Waals surface area contributed by atoms with Crippen LogP contribution in [0.25, 0.3) is 11.1 Å². The quantitative estimate of drug-likeness (QED) is 0.889. The molecule has 0 heterocycles. The molecule has 0 saturated heterocycles. The van der Waals surface area contributed by atoms with Crippen LogP contribution in [-0.4, -0.2) is 35.2 Å². The standard InChI is InChI=1S/C18H20N2O2/c21-13-12-20(15-10-11-15)18(22)19-17-9-5-4-8-16(17)14-6-2-1-3-7-14/h1-9,15,21H,10-13H2,(H,19,22). The molecule has 0 atom stereocenters. The van der Waals surface area contributed by atoms with Crippen LogP contribution in [0.3, 0.4) is 0 Å². The number of carbonyl (C=O) groups excluding carboxylic acids is 1. The summed E-state index contributed by atoms with van der Waals surface area (Å²) < 4.78 is 0. The number of anilines is 1. The van der Waals surface area contributed by atoms with E-state index >= 15 is 0 Å². The average molecular weight is 296 g/mol. The van der Waals surface area contributed by atoms with Crippen LogP contribution in [0.1, 0.15) is 12.8 Å². The topological polar surface area (TPSA) is 52.6 Å². The number of amides is 2. The number of rotatable bonds is 5. The van der Waals surface area contributed by atoms with Gasteiger partial charge in [-0.15, -0.1) is 0 Å². The third-order valence-electron chi connectivity index (χ3n) is 3.84.